The molecule has 0 spiro atoms. The van der Waals surface area contributed by atoms with Gasteiger partial charge in [-0.15, -0.1) is 0 Å². The Labute approximate surface area is 107 Å². The van der Waals surface area contributed by atoms with Gasteiger partial charge in [-0.3, -0.25) is 4.79 Å². The maximum atomic E-state index is 12.4. The zero-order valence-corrected chi connectivity index (χ0v) is 10.6. The lowest BCUT2D eigenvalue weighted by molar-refractivity contribution is 0.0448. The molecule has 0 amide bonds. The summed E-state index contributed by atoms with van der Waals surface area (Å²) in [4.78, 5) is 12.4. The summed E-state index contributed by atoms with van der Waals surface area (Å²) in [5.74, 6) is 0.765. The minimum Gasteiger partial charge on any atom is -0.494 e. The van der Waals surface area contributed by atoms with E-state index in [1.807, 2.05) is 6.92 Å². The highest BCUT2D eigenvalue weighted by Crippen LogP contribution is 2.23. The summed E-state index contributed by atoms with van der Waals surface area (Å²) >= 11 is 0. The van der Waals surface area contributed by atoms with E-state index in [1.54, 1.807) is 24.3 Å². The van der Waals surface area contributed by atoms with Crippen molar-refractivity contribution < 1.29 is 14.3 Å². The highest BCUT2D eigenvalue weighted by Gasteiger charge is 2.36. The van der Waals surface area contributed by atoms with Crippen LogP contribution in [0.4, 0.5) is 0 Å². The number of rotatable bonds is 4. The average Bonchev–Trinajstić information content (AvgIpc) is 2.40. The first kappa shape index (κ1) is 13.1. The zero-order chi connectivity index (χ0) is 13.0. The van der Waals surface area contributed by atoms with Crippen molar-refractivity contribution in [3.8, 4) is 5.75 Å². The van der Waals surface area contributed by atoms with Gasteiger partial charge in [-0.05, 0) is 44.0 Å². The van der Waals surface area contributed by atoms with Gasteiger partial charge in [0.25, 0.3) is 0 Å². The van der Waals surface area contributed by atoms with Crippen LogP contribution in [0.2, 0.25) is 0 Å². The van der Waals surface area contributed by atoms with E-state index in [0.717, 1.165) is 5.75 Å². The predicted molar refractivity (Wildman–Crippen MR) is 68.9 cm³/mol. The molecule has 1 saturated heterocycles. The van der Waals surface area contributed by atoms with Gasteiger partial charge >= 0.3 is 0 Å². The Hall–Kier alpha value is -1.39. The fourth-order valence-electron chi connectivity index (χ4n) is 2.12. The number of hydrogen-bond donors (Lipinski definition) is 1. The second-order valence-electron chi connectivity index (χ2n) is 4.56. The minimum atomic E-state index is -0.772. The van der Waals surface area contributed by atoms with Crippen LogP contribution < -0.4 is 10.5 Å². The Morgan fingerprint density at radius 1 is 1.33 bits per heavy atom. The van der Waals surface area contributed by atoms with Gasteiger partial charge in [-0.1, -0.05) is 0 Å². The molecule has 0 atom stereocenters. The number of hydrogen-bond acceptors (Lipinski definition) is 4. The number of carbonyl (C=O) groups excluding carboxylic acids is 1. The molecule has 0 aromatic heterocycles. The summed E-state index contributed by atoms with van der Waals surface area (Å²) in [5.41, 5.74) is 6.04. The SMILES string of the molecule is CCOc1ccc(C(=O)C2(N)CCOCC2)cc1. The summed E-state index contributed by atoms with van der Waals surface area (Å²) in [5, 5.41) is 0. The molecule has 2 N–H and O–H groups in total. The van der Waals surface area contributed by atoms with E-state index < -0.39 is 5.54 Å². The van der Waals surface area contributed by atoms with Crippen molar-refractivity contribution in [3.63, 3.8) is 0 Å². The molecule has 2 rings (SSSR count). The monoisotopic (exact) mass is 249 g/mol. The number of Topliss-reactive ketones (excluding diaryl/α,β-unsaturated/α-hetero) is 1. The highest BCUT2D eigenvalue weighted by molar-refractivity contribution is 6.03. The lowest BCUT2D eigenvalue weighted by Crippen LogP contribution is -2.51. The number of carbonyl (C=O) groups is 1. The fourth-order valence-corrected chi connectivity index (χ4v) is 2.12. The molecule has 1 aliphatic heterocycles. The lowest BCUT2D eigenvalue weighted by atomic mass is 9.83. The van der Waals surface area contributed by atoms with Crippen LogP contribution in [0.25, 0.3) is 0 Å². The summed E-state index contributed by atoms with van der Waals surface area (Å²) in [6.45, 7) is 3.65. The Balaban J connectivity index is 2.12. The van der Waals surface area contributed by atoms with Crippen molar-refractivity contribution in [1.82, 2.24) is 0 Å². The molecular weight excluding hydrogens is 230 g/mol. The van der Waals surface area contributed by atoms with Crippen molar-refractivity contribution in [2.24, 2.45) is 5.73 Å². The molecule has 1 aliphatic rings. The third kappa shape index (κ3) is 2.71. The van der Waals surface area contributed by atoms with Crippen LogP contribution >= 0.6 is 0 Å². The quantitative estimate of drug-likeness (QED) is 0.826. The molecule has 0 saturated carbocycles. The Morgan fingerprint density at radius 3 is 2.50 bits per heavy atom. The van der Waals surface area contributed by atoms with Gasteiger partial charge in [0.1, 0.15) is 5.75 Å². The summed E-state index contributed by atoms with van der Waals surface area (Å²) in [6.07, 6.45) is 1.16. The molecule has 4 nitrogen and oxygen atoms in total. The van der Waals surface area contributed by atoms with Gasteiger partial charge in [0, 0.05) is 18.8 Å². The van der Waals surface area contributed by atoms with Gasteiger partial charge in [-0.25, -0.2) is 0 Å². The standard InChI is InChI=1S/C14H19NO3/c1-2-18-12-5-3-11(4-6-12)13(16)14(15)7-9-17-10-8-14/h3-6H,2,7-10,15H2,1H3. The van der Waals surface area contributed by atoms with Crippen LogP contribution in [0.15, 0.2) is 24.3 Å². The molecule has 1 heterocycles. The third-order valence-electron chi connectivity index (χ3n) is 3.26. The lowest BCUT2D eigenvalue weighted by Gasteiger charge is -2.31. The van der Waals surface area contributed by atoms with Crippen molar-refractivity contribution in [1.29, 1.82) is 0 Å². The molecule has 0 radical (unpaired) electrons. The highest BCUT2D eigenvalue weighted by atomic mass is 16.5. The Kier molecular flexibility index (Phi) is 3.99. The molecule has 0 bridgehead atoms. The van der Waals surface area contributed by atoms with Crippen LogP contribution in [-0.4, -0.2) is 31.1 Å². The van der Waals surface area contributed by atoms with Crippen molar-refractivity contribution in [2.45, 2.75) is 25.3 Å². The van der Waals surface area contributed by atoms with E-state index in [9.17, 15) is 4.79 Å². The normalized spacial score (nSPS) is 18.3. The maximum absolute atomic E-state index is 12.4. The van der Waals surface area contributed by atoms with Crippen LogP contribution in [0, 0.1) is 0 Å². The van der Waals surface area contributed by atoms with E-state index >= 15 is 0 Å². The molecule has 18 heavy (non-hydrogen) atoms. The second kappa shape index (κ2) is 5.50. The van der Waals surface area contributed by atoms with Crippen molar-refractivity contribution in [2.75, 3.05) is 19.8 Å². The van der Waals surface area contributed by atoms with Crippen molar-refractivity contribution in [3.05, 3.63) is 29.8 Å². The van der Waals surface area contributed by atoms with E-state index in [1.165, 1.54) is 0 Å². The third-order valence-corrected chi connectivity index (χ3v) is 3.26. The Morgan fingerprint density at radius 2 is 1.94 bits per heavy atom. The predicted octanol–water partition coefficient (Wildman–Crippen LogP) is 1.78. The molecule has 1 aromatic rings. The molecule has 1 fully saturated rings. The second-order valence-corrected chi connectivity index (χ2v) is 4.56. The topological polar surface area (TPSA) is 61.5 Å². The zero-order valence-electron chi connectivity index (χ0n) is 10.6. The number of nitrogens with two attached hydrogens (primary N) is 1. The first-order chi connectivity index (χ1) is 8.65. The Bertz CT molecular complexity index is 408. The van der Waals surface area contributed by atoms with Gasteiger partial charge in [0.2, 0.25) is 0 Å². The van der Waals surface area contributed by atoms with Crippen LogP contribution in [0.5, 0.6) is 5.75 Å². The molecular formula is C14H19NO3. The summed E-state index contributed by atoms with van der Waals surface area (Å²) in [6, 6.07) is 7.16. The first-order valence-corrected chi connectivity index (χ1v) is 6.30. The van der Waals surface area contributed by atoms with Crippen molar-refractivity contribution >= 4 is 5.78 Å². The van der Waals surface area contributed by atoms with Crippen LogP contribution in [0.3, 0.4) is 0 Å². The summed E-state index contributed by atoms with van der Waals surface area (Å²) in [7, 11) is 0. The van der Waals surface area contributed by atoms with Gasteiger partial charge < -0.3 is 15.2 Å². The molecule has 0 unspecified atom stereocenters. The summed E-state index contributed by atoms with van der Waals surface area (Å²) < 4.78 is 10.6. The smallest absolute Gasteiger partial charge is 0.182 e. The van der Waals surface area contributed by atoms with E-state index in [-0.39, 0.29) is 5.78 Å². The first-order valence-electron chi connectivity index (χ1n) is 6.30. The van der Waals surface area contributed by atoms with Crippen LogP contribution in [0.1, 0.15) is 30.1 Å². The number of benzene rings is 1. The maximum Gasteiger partial charge on any atom is 0.182 e. The molecule has 4 heteroatoms. The average molecular weight is 249 g/mol. The number of ketones is 1. The van der Waals surface area contributed by atoms with E-state index in [0.29, 0.717) is 38.2 Å². The van der Waals surface area contributed by atoms with Gasteiger partial charge in [-0.2, -0.15) is 0 Å². The molecule has 0 aliphatic carbocycles. The van der Waals surface area contributed by atoms with Gasteiger partial charge in [0.05, 0.1) is 12.1 Å². The largest absolute Gasteiger partial charge is 0.494 e. The van der Waals surface area contributed by atoms with E-state index in [2.05, 4.69) is 0 Å². The van der Waals surface area contributed by atoms with Crippen LogP contribution in [-0.2, 0) is 4.74 Å². The molecule has 1 aromatic carbocycles. The fraction of sp³-hybridized carbons (Fsp3) is 0.500. The number of ether oxygens (including phenoxy) is 2. The molecule has 98 valence electrons. The van der Waals surface area contributed by atoms with Gasteiger partial charge in [0.15, 0.2) is 5.78 Å². The minimum absolute atomic E-state index is 0.00570. The van der Waals surface area contributed by atoms with E-state index in [4.69, 9.17) is 15.2 Å².